The fourth-order valence-electron chi connectivity index (χ4n) is 1.18. The molecule has 0 saturated carbocycles. The SMILES string of the molecule is CC(CO)Sc1nc2ccc(N)cc2o1. The molecule has 0 aliphatic carbocycles. The second kappa shape index (κ2) is 4.12. The first-order valence-electron chi connectivity index (χ1n) is 4.62. The van der Waals surface area contributed by atoms with Gasteiger partial charge in [-0.25, -0.2) is 4.98 Å². The summed E-state index contributed by atoms with van der Waals surface area (Å²) in [6.07, 6.45) is 0. The van der Waals surface area contributed by atoms with Crippen LogP contribution in [0.2, 0.25) is 0 Å². The summed E-state index contributed by atoms with van der Waals surface area (Å²) in [5.74, 6) is 0. The van der Waals surface area contributed by atoms with Gasteiger partial charge < -0.3 is 15.3 Å². The number of nitrogen functional groups attached to an aromatic ring is 1. The average Bonchev–Trinajstić information content (AvgIpc) is 2.59. The van der Waals surface area contributed by atoms with Crippen LogP contribution in [0.5, 0.6) is 0 Å². The van der Waals surface area contributed by atoms with E-state index in [0.717, 1.165) is 5.52 Å². The number of aromatic nitrogens is 1. The quantitative estimate of drug-likeness (QED) is 0.615. The predicted octanol–water partition coefficient (Wildman–Crippen LogP) is 1.88. The summed E-state index contributed by atoms with van der Waals surface area (Å²) in [5, 5.41) is 9.55. The first kappa shape index (κ1) is 10.3. The third-order valence-corrected chi connectivity index (χ3v) is 2.88. The standard InChI is InChI=1S/C10H12N2O2S/c1-6(5-13)15-10-12-8-3-2-7(11)4-9(8)14-10/h2-4,6,13H,5,11H2,1H3. The third-order valence-electron chi connectivity index (χ3n) is 1.95. The Kier molecular flexibility index (Phi) is 2.83. The molecular weight excluding hydrogens is 212 g/mol. The van der Waals surface area contributed by atoms with Gasteiger partial charge in [0.15, 0.2) is 5.58 Å². The van der Waals surface area contributed by atoms with Crippen LogP contribution in [-0.2, 0) is 0 Å². The monoisotopic (exact) mass is 224 g/mol. The number of nitrogens with zero attached hydrogens (tertiary/aromatic N) is 1. The summed E-state index contributed by atoms with van der Waals surface area (Å²) in [6.45, 7) is 2.01. The molecule has 0 spiro atoms. The average molecular weight is 224 g/mol. The summed E-state index contributed by atoms with van der Waals surface area (Å²) in [4.78, 5) is 4.27. The van der Waals surface area contributed by atoms with Crippen molar-refractivity contribution in [3.8, 4) is 0 Å². The lowest BCUT2D eigenvalue weighted by atomic mass is 10.3. The van der Waals surface area contributed by atoms with Gasteiger partial charge in [0.1, 0.15) is 5.52 Å². The number of rotatable bonds is 3. The van der Waals surface area contributed by atoms with Crippen LogP contribution in [0.1, 0.15) is 6.92 Å². The minimum atomic E-state index is 0.0791. The highest BCUT2D eigenvalue weighted by Gasteiger charge is 2.10. The molecule has 0 fully saturated rings. The van der Waals surface area contributed by atoms with E-state index in [9.17, 15) is 0 Å². The largest absolute Gasteiger partial charge is 0.431 e. The number of hydrogen-bond donors (Lipinski definition) is 2. The summed E-state index contributed by atoms with van der Waals surface area (Å²) >= 11 is 1.41. The topological polar surface area (TPSA) is 72.3 Å². The van der Waals surface area contributed by atoms with E-state index in [-0.39, 0.29) is 11.9 Å². The van der Waals surface area contributed by atoms with Crippen molar-refractivity contribution < 1.29 is 9.52 Å². The van der Waals surface area contributed by atoms with E-state index >= 15 is 0 Å². The lowest BCUT2D eigenvalue weighted by Gasteiger charge is -2.01. The van der Waals surface area contributed by atoms with E-state index in [1.807, 2.05) is 13.0 Å². The maximum atomic E-state index is 8.90. The highest BCUT2D eigenvalue weighted by atomic mass is 32.2. The van der Waals surface area contributed by atoms with Gasteiger partial charge >= 0.3 is 0 Å². The molecule has 0 radical (unpaired) electrons. The Labute approximate surface area is 91.5 Å². The maximum absolute atomic E-state index is 8.90. The lowest BCUT2D eigenvalue weighted by Crippen LogP contribution is -2.01. The molecule has 3 N–H and O–H groups in total. The zero-order chi connectivity index (χ0) is 10.8. The Hall–Kier alpha value is -1.20. The smallest absolute Gasteiger partial charge is 0.257 e. The van der Waals surface area contributed by atoms with Gasteiger partial charge in [0.05, 0.1) is 6.61 Å². The third kappa shape index (κ3) is 2.24. The van der Waals surface area contributed by atoms with Gasteiger partial charge in [-0.15, -0.1) is 0 Å². The number of thioether (sulfide) groups is 1. The summed E-state index contributed by atoms with van der Waals surface area (Å²) < 4.78 is 5.48. The van der Waals surface area contributed by atoms with Crippen molar-refractivity contribution in [2.24, 2.45) is 0 Å². The molecule has 2 aromatic rings. The molecule has 1 heterocycles. The highest BCUT2D eigenvalue weighted by molar-refractivity contribution is 7.99. The summed E-state index contributed by atoms with van der Waals surface area (Å²) in [7, 11) is 0. The van der Waals surface area contributed by atoms with Gasteiger partial charge in [-0.2, -0.15) is 0 Å². The van der Waals surface area contributed by atoms with E-state index in [1.165, 1.54) is 11.8 Å². The summed E-state index contributed by atoms with van der Waals surface area (Å²) in [5.41, 5.74) is 7.76. The van der Waals surface area contributed by atoms with Crippen molar-refractivity contribution >= 4 is 28.5 Å². The van der Waals surface area contributed by atoms with Crippen LogP contribution in [0.4, 0.5) is 5.69 Å². The maximum Gasteiger partial charge on any atom is 0.257 e. The van der Waals surface area contributed by atoms with Crippen LogP contribution < -0.4 is 5.73 Å². The van der Waals surface area contributed by atoms with E-state index < -0.39 is 0 Å². The number of fused-ring (bicyclic) bond motifs is 1. The number of hydrogen-bond acceptors (Lipinski definition) is 5. The molecule has 0 aliphatic rings. The Morgan fingerprint density at radius 2 is 2.40 bits per heavy atom. The molecule has 5 heteroatoms. The number of aliphatic hydroxyl groups is 1. The van der Waals surface area contributed by atoms with Crippen molar-refractivity contribution in [2.45, 2.75) is 17.4 Å². The van der Waals surface area contributed by atoms with Crippen molar-refractivity contribution in [3.63, 3.8) is 0 Å². The number of oxazole rings is 1. The summed E-state index contributed by atoms with van der Waals surface area (Å²) in [6, 6.07) is 5.35. The van der Waals surface area contributed by atoms with Gasteiger partial charge in [0, 0.05) is 17.0 Å². The van der Waals surface area contributed by atoms with Crippen molar-refractivity contribution in [2.75, 3.05) is 12.3 Å². The van der Waals surface area contributed by atoms with Crippen molar-refractivity contribution in [3.05, 3.63) is 18.2 Å². The first-order valence-corrected chi connectivity index (χ1v) is 5.50. The number of benzene rings is 1. The van der Waals surface area contributed by atoms with Crippen molar-refractivity contribution in [1.82, 2.24) is 4.98 Å². The molecule has 1 aromatic heterocycles. The minimum absolute atomic E-state index is 0.0791. The minimum Gasteiger partial charge on any atom is -0.431 e. The second-order valence-corrected chi connectivity index (χ2v) is 4.71. The van der Waals surface area contributed by atoms with Crippen LogP contribution in [0.3, 0.4) is 0 Å². The van der Waals surface area contributed by atoms with Gasteiger partial charge in [-0.1, -0.05) is 18.7 Å². The fourth-order valence-corrected chi connectivity index (χ4v) is 1.89. The molecule has 0 amide bonds. The molecule has 1 atom stereocenters. The Morgan fingerprint density at radius 3 is 3.13 bits per heavy atom. The zero-order valence-corrected chi connectivity index (χ0v) is 9.12. The van der Waals surface area contributed by atoms with E-state index in [1.54, 1.807) is 12.1 Å². The normalized spacial score (nSPS) is 13.2. The Morgan fingerprint density at radius 1 is 1.60 bits per heavy atom. The first-order chi connectivity index (χ1) is 7.19. The number of anilines is 1. The van der Waals surface area contributed by atoms with E-state index in [4.69, 9.17) is 15.3 Å². The molecule has 0 aliphatic heterocycles. The van der Waals surface area contributed by atoms with Crippen LogP contribution in [0.25, 0.3) is 11.1 Å². The molecule has 2 rings (SSSR count). The molecule has 0 bridgehead atoms. The molecular formula is C10H12N2O2S. The van der Waals surface area contributed by atoms with Gasteiger partial charge in [0.25, 0.3) is 5.22 Å². The van der Waals surface area contributed by atoms with Gasteiger partial charge in [0.2, 0.25) is 0 Å². The van der Waals surface area contributed by atoms with Crippen molar-refractivity contribution in [1.29, 1.82) is 0 Å². The van der Waals surface area contributed by atoms with Crippen LogP contribution >= 0.6 is 11.8 Å². The van der Waals surface area contributed by atoms with E-state index in [2.05, 4.69) is 4.98 Å². The second-order valence-electron chi connectivity index (χ2n) is 3.32. The van der Waals surface area contributed by atoms with Gasteiger partial charge in [-0.3, -0.25) is 0 Å². The fraction of sp³-hybridized carbons (Fsp3) is 0.300. The molecule has 1 unspecified atom stereocenters. The number of aliphatic hydroxyl groups excluding tert-OH is 1. The zero-order valence-electron chi connectivity index (χ0n) is 8.30. The predicted molar refractivity (Wildman–Crippen MR) is 60.8 cm³/mol. The van der Waals surface area contributed by atoms with E-state index in [0.29, 0.717) is 16.5 Å². The van der Waals surface area contributed by atoms with Crippen LogP contribution in [-0.4, -0.2) is 21.9 Å². The van der Waals surface area contributed by atoms with Gasteiger partial charge in [-0.05, 0) is 12.1 Å². The lowest BCUT2D eigenvalue weighted by molar-refractivity contribution is 0.299. The Balaban J connectivity index is 2.30. The molecule has 1 aromatic carbocycles. The molecule has 80 valence electrons. The Bertz CT molecular complexity index is 469. The van der Waals surface area contributed by atoms with Crippen LogP contribution in [0.15, 0.2) is 27.8 Å². The highest BCUT2D eigenvalue weighted by Crippen LogP contribution is 2.27. The number of nitrogens with two attached hydrogens (primary N) is 1. The molecule has 15 heavy (non-hydrogen) atoms. The molecule has 4 nitrogen and oxygen atoms in total. The van der Waals surface area contributed by atoms with Crippen LogP contribution in [0, 0.1) is 0 Å². The molecule has 0 saturated heterocycles.